The average Bonchev–Trinajstić information content (AvgIpc) is 3.46. The number of ether oxygens (including phenoxy) is 2. The lowest BCUT2D eigenvalue weighted by molar-refractivity contribution is -0.120. The van der Waals surface area contributed by atoms with Gasteiger partial charge in [-0.1, -0.05) is 66.0 Å². The van der Waals surface area contributed by atoms with Gasteiger partial charge in [-0.2, -0.15) is 0 Å². The SMILES string of the molecule is CCCCC[C@H](O[Si](C)(C)C(C)(C)C)c1ccc(N2C(=O)C(C)C[C@@H]2COCc2ccc(C(=O)OC)s2)cc1. The number of esters is 1. The maximum atomic E-state index is 13.2. The van der Waals surface area contributed by atoms with Crippen molar-refractivity contribution in [2.24, 2.45) is 5.92 Å². The monoisotopic (exact) mass is 573 g/mol. The lowest BCUT2D eigenvalue weighted by Crippen LogP contribution is -2.41. The Balaban J connectivity index is 1.71. The maximum Gasteiger partial charge on any atom is 0.348 e. The van der Waals surface area contributed by atoms with Crippen molar-refractivity contribution < 1.29 is 23.5 Å². The van der Waals surface area contributed by atoms with Crippen LogP contribution in [0.1, 0.15) is 92.9 Å². The van der Waals surface area contributed by atoms with Crippen LogP contribution in [0.2, 0.25) is 18.1 Å². The van der Waals surface area contributed by atoms with Crippen LogP contribution in [0.15, 0.2) is 36.4 Å². The highest BCUT2D eigenvalue weighted by Crippen LogP contribution is 2.41. The van der Waals surface area contributed by atoms with Crippen LogP contribution < -0.4 is 4.90 Å². The number of rotatable bonds is 13. The van der Waals surface area contributed by atoms with Crippen LogP contribution in [0.4, 0.5) is 5.69 Å². The summed E-state index contributed by atoms with van der Waals surface area (Å²) in [6.45, 7) is 16.5. The fraction of sp³-hybridized carbons (Fsp3) is 0.613. The molecule has 0 bridgehead atoms. The molecule has 216 valence electrons. The minimum Gasteiger partial charge on any atom is -0.465 e. The predicted octanol–water partition coefficient (Wildman–Crippen LogP) is 8.14. The summed E-state index contributed by atoms with van der Waals surface area (Å²) in [6.07, 6.45) is 5.36. The summed E-state index contributed by atoms with van der Waals surface area (Å²) in [6, 6.07) is 12.1. The van der Waals surface area contributed by atoms with Crippen molar-refractivity contribution in [1.82, 2.24) is 0 Å². The molecule has 0 saturated carbocycles. The average molecular weight is 574 g/mol. The largest absolute Gasteiger partial charge is 0.465 e. The summed E-state index contributed by atoms with van der Waals surface area (Å²) in [5.41, 5.74) is 2.09. The maximum absolute atomic E-state index is 13.2. The van der Waals surface area contributed by atoms with E-state index < -0.39 is 8.32 Å². The van der Waals surface area contributed by atoms with E-state index in [4.69, 9.17) is 13.9 Å². The third-order valence-corrected chi connectivity index (χ3v) is 13.6. The van der Waals surface area contributed by atoms with Gasteiger partial charge in [0, 0.05) is 16.5 Å². The molecule has 1 aliphatic heterocycles. The van der Waals surface area contributed by atoms with Crippen LogP contribution in [-0.4, -0.2) is 40.0 Å². The quantitative estimate of drug-likeness (QED) is 0.137. The molecule has 3 rings (SSSR count). The standard InChI is InChI=1S/C31H47NO5SSi/c1-9-10-11-12-27(37-39(7,8)31(3,4)5)23-13-15-24(16-14-23)32-25(19-22(2)29(32)33)20-36-21-26-17-18-28(38-26)30(34)35-6/h13-18,22,25,27H,9-12,19-21H2,1-8H3/t22?,25-,27+/m1/s1. The van der Waals surface area contributed by atoms with Crippen molar-refractivity contribution in [2.75, 3.05) is 18.6 Å². The van der Waals surface area contributed by atoms with Crippen LogP contribution in [0.3, 0.4) is 0 Å². The molecule has 1 aromatic carbocycles. The van der Waals surface area contributed by atoms with Crippen LogP contribution in [0.25, 0.3) is 0 Å². The number of hydrogen-bond donors (Lipinski definition) is 0. The van der Waals surface area contributed by atoms with E-state index in [1.54, 1.807) is 6.07 Å². The Labute approximate surface area is 240 Å². The van der Waals surface area contributed by atoms with E-state index in [2.05, 4.69) is 65.1 Å². The molecule has 0 N–H and O–H groups in total. The first-order chi connectivity index (χ1) is 18.4. The summed E-state index contributed by atoms with van der Waals surface area (Å²) in [5, 5.41) is 0.144. The first-order valence-corrected chi connectivity index (χ1v) is 18.0. The van der Waals surface area contributed by atoms with Crippen molar-refractivity contribution in [3.8, 4) is 0 Å². The molecule has 1 saturated heterocycles. The molecule has 2 aromatic rings. The zero-order valence-electron chi connectivity index (χ0n) is 25.0. The molecule has 1 unspecified atom stereocenters. The van der Waals surface area contributed by atoms with Gasteiger partial charge in [-0.15, -0.1) is 11.3 Å². The Bertz CT molecular complexity index is 1090. The molecule has 1 amide bonds. The zero-order chi connectivity index (χ0) is 28.8. The summed E-state index contributed by atoms with van der Waals surface area (Å²) in [5.74, 6) is -0.245. The second-order valence-corrected chi connectivity index (χ2v) is 18.2. The van der Waals surface area contributed by atoms with E-state index >= 15 is 0 Å². The van der Waals surface area contributed by atoms with Crippen LogP contribution >= 0.6 is 11.3 Å². The van der Waals surface area contributed by atoms with E-state index in [1.807, 2.05) is 17.9 Å². The molecule has 6 nitrogen and oxygen atoms in total. The smallest absolute Gasteiger partial charge is 0.348 e. The molecule has 1 aromatic heterocycles. The van der Waals surface area contributed by atoms with Crippen LogP contribution in [-0.2, 0) is 25.3 Å². The highest BCUT2D eigenvalue weighted by molar-refractivity contribution is 7.13. The fourth-order valence-corrected chi connectivity index (χ4v) is 6.91. The number of anilines is 1. The van der Waals surface area contributed by atoms with Crippen molar-refractivity contribution >= 4 is 37.2 Å². The minimum atomic E-state index is -1.94. The van der Waals surface area contributed by atoms with E-state index in [1.165, 1.54) is 36.9 Å². The zero-order valence-corrected chi connectivity index (χ0v) is 26.9. The van der Waals surface area contributed by atoms with Crippen molar-refractivity contribution in [3.05, 3.63) is 51.7 Å². The lowest BCUT2D eigenvalue weighted by Gasteiger charge is -2.39. The fourth-order valence-electron chi connectivity index (χ4n) is 4.73. The van der Waals surface area contributed by atoms with E-state index in [9.17, 15) is 9.59 Å². The first-order valence-electron chi connectivity index (χ1n) is 14.2. The Morgan fingerprint density at radius 2 is 1.82 bits per heavy atom. The van der Waals surface area contributed by atoms with Gasteiger partial charge in [-0.3, -0.25) is 4.79 Å². The molecule has 1 aliphatic rings. The number of methoxy groups -OCH3 is 1. The number of thiophene rings is 1. The first kappa shape index (κ1) is 31.5. The summed E-state index contributed by atoms with van der Waals surface area (Å²) in [7, 11) is -0.557. The molecule has 1 fully saturated rings. The number of carbonyl (C=O) groups excluding carboxylic acids is 2. The molecule has 2 heterocycles. The topological polar surface area (TPSA) is 65.1 Å². The molecule has 0 aliphatic carbocycles. The Morgan fingerprint density at radius 1 is 1.13 bits per heavy atom. The van der Waals surface area contributed by atoms with Gasteiger partial charge in [0.1, 0.15) is 4.88 Å². The normalized spacial score (nSPS) is 19.0. The van der Waals surface area contributed by atoms with Crippen molar-refractivity contribution in [3.63, 3.8) is 0 Å². The van der Waals surface area contributed by atoms with Gasteiger partial charge in [0.05, 0.1) is 32.5 Å². The van der Waals surface area contributed by atoms with E-state index in [0.29, 0.717) is 18.1 Å². The van der Waals surface area contributed by atoms with E-state index in [0.717, 1.165) is 29.8 Å². The Hall–Kier alpha value is -2.00. The molecule has 0 spiro atoms. The molecular formula is C31H47NO5SSi. The van der Waals surface area contributed by atoms with Gasteiger partial charge >= 0.3 is 5.97 Å². The van der Waals surface area contributed by atoms with E-state index in [-0.39, 0.29) is 35.0 Å². The Kier molecular flexibility index (Phi) is 11.0. The number of carbonyl (C=O) groups is 2. The number of nitrogens with zero attached hydrogens (tertiary/aromatic N) is 1. The number of amides is 1. The third-order valence-electron chi connectivity index (χ3n) is 8.11. The van der Waals surface area contributed by atoms with Gasteiger partial charge < -0.3 is 18.8 Å². The molecule has 8 heteroatoms. The van der Waals surface area contributed by atoms with Gasteiger partial charge in [-0.25, -0.2) is 4.79 Å². The lowest BCUT2D eigenvalue weighted by atomic mass is 10.0. The van der Waals surface area contributed by atoms with Crippen molar-refractivity contribution in [2.45, 2.75) is 104 Å². The van der Waals surface area contributed by atoms with Crippen LogP contribution in [0.5, 0.6) is 0 Å². The third kappa shape index (κ3) is 8.03. The predicted molar refractivity (Wildman–Crippen MR) is 162 cm³/mol. The van der Waals surface area contributed by atoms with Gasteiger partial charge in [0.15, 0.2) is 8.32 Å². The molecule has 0 radical (unpaired) electrons. The molecule has 39 heavy (non-hydrogen) atoms. The van der Waals surface area contributed by atoms with Crippen LogP contribution in [0, 0.1) is 5.92 Å². The van der Waals surface area contributed by atoms with Crippen molar-refractivity contribution in [1.29, 1.82) is 0 Å². The Morgan fingerprint density at radius 3 is 2.44 bits per heavy atom. The summed E-state index contributed by atoms with van der Waals surface area (Å²) in [4.78, 5) is 28.3. The summed E-state index contributed by atoms with van der Waals surface area (Å²) < 4.78 is 17.7. The molecule has 3 atom stereocenters. The number of unbranched alkanes of at least 4 members (excludes halogenated alkanes) is 2. The summed E-state index contributed by atoms with van der Waals surface area (Å²) >= 11 is 1.37. The number of benzene rings is 1. The highest BCUT2D eigenvalue weighted by Gasteiger charge is 2.40. The van der Waals surface area contributed by atoms with Gasteiger partial charge in [0.25, 0.3) is 0 Å². The highest BCUT2D eigenvalue weighted by atomic mass is 32.1. The van der Waals surface area contributed by atoms with Gasteiger partial charge in [0.2, 0.25) is 5.91 Å². The second-order valence-electron chi connectivity index (χ2n) is 12.2. The second kappa shape index (κ2) is 13.6. The minimum absolute atomic E-state index is 0.0257. The molecular weight excluding hydrogens is 526 g/mol. The number of hydrogen-bond acceptors (Lipinski definition) is 6. The van der Waals surface area contributed by atoms with Gasteiger partial charge in [-0.05, 0) is 60.8 Å².